The molecule has 0 aromatic carbocycles. The number of hydrogen-bond donors (Lipinski definition) is 0. The van der Waals surface area contributed by atoms with Gasteiger partial charge in [-0.2, -0.15) is 0 Å². The molecule has 0 N–H and O–H groups in total. The van der Waals surface area contributed by atoms with Crippen LogP contribution in [0, 0.1) is 5.92 Å². The maximum Gasteiger partial charge on any atom is 0.305 e. The third kappa shape index (κ3) is 5.23. The average molecular weight is 347 g/mol. The van der Waals surface area contributed by atoms with Crippen molar-refractivity contribution in [3.63, 3.8) is 0 Å². The molecular weight excluding hydrogens is 318 g/mol. The minimum Gasteiger partial charge on any atom is -0.469 e. The van der Waals surface area contributed by atoms with Crippen LogP contribution in [0.3, 0.4) is 0 Å². The number of esters is 1. The summed E-state index contributed by atoms with van der Waals surface area (Å²) in [7, 11) is 1.47. The molecule has 0 unspecified atom stereocenters. The number of likely N-dealkylation sites (tertiary alicyclic amines) is 1. The Bertz CT molecular complexity index is 534. The molecule has 6 nitrogen and oxygen atoms in total. The summed E-state index contributed by atoms with van der Waals surface area (Å²) in [6.07, 6.45) is 4.37. The number of methoxy groups -OCH3 is 1. The fraction of sp³-hybridized carbons (Fsp3) is 0.684. The van der Waals surface area contributed by atoms with Crippen molar-refractivity contribution < 1.29 is 14.3 Å². The minimum absolute atomic E-state index is 0.109. The average Bonchev–Trinajstić information content (AvgIpc) is 2.67. The largest absolute Gasteiger partial charge is 0.469 e. The molecule has 138 valence electrons. The maximum absolute atomic E-state index is 11.6. The summed E-state index contributed by atoms with van der Waals surface area (Å²) in [5, 5.41) is 0. The van der Waals surface area contributed by atoms with Crippen molar-refractivity contribution in [3.05, 3.63) is 30.1 Å². The number of hydrogen-bond acceptors (Lipinski definition) is 6. The fourth-order valence-electron chi connectivity index (χ4n) is 4.04. The molecule has 3 heterocycles. The van der Waals surface area contributed by atoms with E-state index in [1.165, 1.54) is 7.11 Å². The second kappa shape index (κ2) is 9.27. The smallest absolute Gasteiger partial charge is 0.305 e. The molecule has 2 aliphatic rings. The molecule has 2 atom stereocenters. The van der Waals surface area contributed by atoms with Gasteiger partial charge in [0.25, 0.3) is 0 Å². The highest BCUT2D eigenvalue weighted by Crippen LogP contribution is 2.27. The van der Waals surface area contributed by atoms with Gasteiger partial charge in [-0.3, -0.25) is 19.6 Å². The van der Waals surface area contributed by atoms with Gasteiger partial charge >= 0.3 is 5.97 Å². The van der Waals surface area contributed by atoms with E-state index in [4.69, 9.17) is 9.47 Å². The molecule has 0 aliphatic carbocycles. The lowest BCUT2D eigenvalue weighted by Crippen LogP contribution is -2.53. The summed E-state index contributed by atoms with van der Waals surface area (Å²) >= 11 is 0. The molecule has 0 saturated carbocycles. The third-order valence-electron chi connectivity index (χ3n) is 5.35. The van der Waals surface area contributed by atoms with Gasteiger partial charge in [-0.1, -0.05) is 6.07 Å². The first kappa shape index (κ1) is 18.3. The van der Waals surface area contributed by atoms with Gasteiger partial charge in [0.15, 0.2) is 0 Å². The third-order valence-corrected chi connectivity index (χ3v) is 5.35. The Labute approximate surface area is 150 Å². The Kier molecular flexibility index (Phi) is 6.78. The van der Waals surface area contributed by atoms with Crippen molar-refractivity contribution in [2.75, 3.05) is 46.5 Å². The van der Waals surface area contributed by atoms with E-state index in [1.54, 1.807) is 0 Å². The van der Waals surface area contributed by atoms with E-state index in [2.05, 4.69) is 20.9 Å². The first-order valence-corrected chi connectivity index (χ1v) is 9.27. The predicted molar refractivity (Wildman–Crippen MR) is 95.1 cm³/mol. The van der Waals surface area contributed by atoms with Crippen LogP contribution < -0.4 is 0 Å². The van der Waals surface area contributed by atoms with Crippen molar-refractivity contribution in [2.24, 2.45) is 5.92 Å². The van der Waals surface area contributed by atoms with Crippen LogP contribution in [0.4, 0.5) is 0 Å². The minimum atomic E-state index is -0.109. The first-order valence-electron chi connectivity index (χ1n) is 9.27. The molecule has 25 heavy (non-hydrogen) atoms. The van der Waals surface area contributed by atoms with Crippen LogP contribution in [-0.4, -0.2) is 73.3 Å². The quantitative estimate of drug-likeness (QED) is 0.728. The van der Waals surface area contributed by atoms with E-state index in [1.807, 2.05) is 18.3 Å². The summed E-state index contributed by atoms with van der Waals surface area (Å²) in [4.78, 5) is 21.1. The van der Waals surface area contributed by atoms with Crippen LogP contribution in [0.25, 0.3) is 0 Å². The summed E-state index contributed by atoms with van der Waals surface area (Å²) in [5.74, 6) is 0.372. The highest BCUT2D eigenvalue weighted by Gasteiger charge is 2.34. The van der Waals surface area contributed by atoms with Gasteiger partial charge in [-0.15, -0.1) is 0 Å². The molecule has 0 radical (unpaired) electrons. The van der Waals surface area contributed by atoms with E-state index in [-0.39, 0.29) is 5.97 Å². The normalized spacial score (nSPS) is 25.6. The van der Waals surface area contributed by atoms with Crippen LogP contribution in [0.2, 0.25) is 0 Å². The molecule has 6 heteroatoms. The molecular formula is C19H29N3O3. The van der Waals surface area contributed by atoms with Gasteiger partial charge in [-0.25, -0.2) is 0 Å². The summed E-state index contributed by atoms with van der Waals surface area (Å²) in [6, 6.07) is 6.61. The summed E-state index contributed by atoms with van der Waals surface area (Å²) in [6.45, 7) is 6.60. The fourth-order valence-corrected chi connectivity index (χ4v) is 4.04. The van der Waals surface area contributed by atoms with Crippen molar-refractivity contribution in [3.8, 4) is 0 Å². The Morgan fingerprint density at radius 2 is 2.16 bits per heavy atom. The molecule has 0 bridgehead atoms. The summed E-state index contributed by atoms with van der Waals surface area (Å²) < 4.78 is 10.4. The topological polar surface area (TPSA) is 54.9 Å². The number of carbonyl (C=O) groups excluding carboxylic acids is 1. The number of nitrogens with zero attached hydrogens (tertiary/aromatic N) is 3. The van der Waals surface area contributed by atoms with E-state index >= 15 is 0 Å². The van der Waals surface area contributed by atoms with Crippen LogP contribution in [0.1, 0.15) is 25.0 Å². The molecule has 2 fully saturated rings. The standard InChI is InChI=1S/C19H29N3O3/c1-24-19(23)6-5-16-14-21(15-17-4-2-3-8-20-17)9-7-18(16)22-10-12-25-13-11-22/h2-4,8,16,18H,5-7,9-15H2,1H3/t16-,18+/m1/s1. The number of carbonyl (C=O) groups is 1. The number of rotatable bonds is 6. The van der Waals surface area contributed by atoms with Crippen molar-refractivity contribution in [2.45, 2.75) is 31.8 Å². The van der Waals surface area contributed by atoms with Gasteiger partial charge in [-0.05, 0) is 30.9 Å². The van der Waals surface area contributed by atoms with Gasteiger partial charge in [0.1, 0.15) is 0 Å². The molecule has 1 aromatic rings. The Morgan fingerprint density at radius 3 is 2.88 bits per heavy atom. The SMILES string of the molecule is COC(=O)CC[C@@H]1CN(Cc2ccccn2)CC[C@@H]1N1CCOCC1. The van der Waals surface area contributed by atoms with E-state index < -0.39 is 0 Å². The van der Waals surface area contributed by atoms with Crippen LogP contribution in [0.15, 0.2) is 24.4 Å². The number of aromatic nitrogens is 1. The van der Waals surface area contributed by atoms with Gasteiger partial charge in [0.05, 0.1) is 26.0 Å². The zero-order valence-electron chi connectivity index (χ0n) is 15.1. The highest BCUT2D eigenvalue weighted by atomic mass is 16.5. The van der Waals surface area contributed by atoms with Crippen molar-refractivity contribution in [1.82, 2.24) is 14.8 Å². The van der Waals surface area contributed by atoms with Crippen molar-refractivity contribution >= 4 is 5.97 Å². The summed E-state index contributed by atoms with van der Waals surface area (Å²) in [5.41, 5.74) is 1.11. The number of morpholine rings is 1. The number of piperidine rings is 1. The first-order chi connectivity index (χ1) is 12.3. The van der Waals surface area contributed by atoms with Gasteiger partial charge in [0.2, 0.25) is 0 Å². The number of pyridine rings is 1. The lowest BCUT2D eigenvalue weighted by Gasteiger charge is -2.45. The predicted octanol–water partition coefficient (Wildman–Crippen LogP) is 1.56. The van der Waals surface area contributed by atoms with Gasteiger partial charge < -0.3 is 9.47 Å². The molecule has 2 aliphatic heterocycles. The molecule has 0 amide bonds. The second-order valence-corrected chi connectivity index (χ2v) is 6.94. The maximum atomic E-state index is 11.6. The molecule has 3 rings (SSSR count). The zero-order chi connectivity index (χ0) is 17.5. The van der Waals surface area contributed by atoms with Crippen LogP contribution in [0.5, 0.6) is 0 Å². The highest BCUT2D eigenvalue weighted by molar-refractivity contribution is 5.69. The molecule has 0 spiro atoms. The Balaban J connectivity index is 1.62. The van der Waals surface area contributed by atoms with E-state index in [0.717, 1.165) is 64.5 Å². The Hall–Kier alpha value is -1.50. The second-order valence-electron chi connectivity index (χ2n) is 6.94. The van der Waals surface area contributed by atoms with Crippen molar-refractivity contribution in [1.29, 1.82) is 0 Å². The van der Waals surface area contributed by atoms with Gasteiger partial charge in [0, 0.05) is 51.4 Å². The number of ether oxygens (including phenoxy) is 2. The van der Waals surface area contributed by atoms with E-state index in [0.29, 0.717) is 18.4 Å². The van der Waals surface area contributed by atoms with Crippen LogP contribution in [-0.2, 0) is 20.8 Å². The van der Waals surface area contributed by atoms with Crippen LogP contribution >= 0.6 is 0 Å². The van der Waals surface area contributed by atoms with E-state index in [9.17, 15) is 4.79 Å². The molecule has 1 aromatic heterocycles. The lowest BCUT2D eigenvalue weighted by molar-refractivity contribution is -0.141. The Morgan fingerprint density at radius 1 is 1.32 bits per heavy atom. The zero-order valence-corrected chi connectivity index (χ0v) is 15.1. The lowest BCUT2D eigenvalue weighted by atomic mass is 9.86. The molecule has 2 saturated heterocycles. The monoisotopic (exact) mass is 347 g/mol.